The third kappa shape index (κ3) is 2.73. The summed E-state index contributed by atoms with van der Waals surface area (Å²) in [6, 6.07) is 3.34. The Bertz CT molecular complexity index is 446. The molecular formula is C12H12Cl2O3. The summed E-state index contributed by atoms with van der Waals surface area (Å²) in [5, 5.41) is 0.860. The molecule has 1 aromatic carbocycles. The molecule has 0 bridgehead atoms. The molecular weight excluding hydrogens is 263 g/mol. The monoisotopic (exact) mass is 274 g/mol. The third-order valence-corrected chi connectivity index (χ3v) is 3.45. The van der Waals surface area contributed by atoms with Gasteiger partial charge < -0.3 is 9.47 Å². The average molecular weight is 275 g/mol. The Kier molecular flexibility index (Phi) is 3.92. The minimum atomic E-state index is -0.291. The molecule has 92 valence electrons. The maximum absolute atomic E-state index is 11.4. The SMILES string of the molecule is COc1cc(Cl)c(Cl)cc1C1CC(=O)CCO1. The zero-order chi connectivity index (χ0) is 12.4. The van der Waals surface area contributed by atoms with Crippen molar-refractivity contribution in [2.75, 3.05) is 13.7 Å². The number of ether oxygens (including phenoxy) is 2. The zero-order valence-electron chi connectivity index (χ0n) is 9.33. The largest absolute Gasteiger partial charge is 0.496 e. The molecule has 2 rings (SSSR count). The van der Waals surface area contributed by atoms with E-state index in [1.54, 1.807) is 19.2 Å². The lowest BCUT2D eigenvalue weighted by molar-refractivity contribution is -0.128. The van der Waals surface area contributed by atoms with E-state index in [1.807, 2.05) is 0 Å². The van der Waals surface area contributed by atoms with Crippen molar-refractivity contribution in [2.24, 2.45) is 0 Å². The lowest BCUT2D eigenvalue weighted by Crippen LogP contribution is -2.19. The fourth-order valence-corrected chi connectivity index (χ4v) is 2.18. The van der Waals surface area contributed by atoms with E-state index in [1.165, 1.54) is 0 Å². The molecule has 5 heteroatoms. The molecule has 3 nitrogen and oxygen atoms in total. The molecule has 17 heavy (non-hydrogen) atoms. The standard InChI is InChI=1S/C12H12Cl2O3/c1-16-11-6-10(14)9(13)5-8(11)12-4-7(15)2-3-17-12/h5-6,12H,2-4H2,1H3. The summed E-state index contributed by atoms with van der Waals surface area (Å²) in [6.45, 7) is 0.437. The van der Waals surface area contributed by atoms with Crippen LogP contribution in [0.15, 0.2) is 12.1 Å². The zero-order valence-corrected chi connectivity index (χ0v) is 10.8. The van der Waals surface area contributed by atoms with Gasteiger partial charge in [0.25, 0.3) is 0 Å². The molecule has 0 N–H and O–H groups in total. The van der Waals surface area contributed by atoms with Crippen LogP contribution in [0.5, 0.6) is 5.75 Å². The number of Topliss-reactive ketones (excluding diaryl/α,β-unsaturated/α-hetero) is 1. The van der Waals surface area contributed by atoms with Gasteiger partial charge in [-0.3, -0.25) is 4.79 Å². The molecule has 1 saturated heterocycles. The second-order valence-electron chi connectivity index (χ2n) is 3.86. The number of benzene rings is 1. The van der Waals surface area contributed by atoms with E-state index in [0.717, 1.165) is 5.56 Å². The van der Waals surface area contributed by atoms with Crippen molar-refractivity contribution >= 4 is 29.0 Å². The minimum Gasteiger partial charge on any atom is -0.496 e. The lowest BCUT2D eigenvalue weighted by atomic mass is 9.99. The molecule has 1 unspecified atom stereocenters. The van der Waals surface area contributed by atoms with Crippen molar-refractivity contribution in [3.63, 3.8) is 0 Å². The van der Waals surface area contributed by atoms with Crippen molar-refractivity contribution in [2.45, 2.75) is 18.9 Å². The normalized spacial score (nSPS) is 20.4. The highest BCUT2D eigenvalue weighted by molar-refractivity contribution is 6.42. The van der Waals surface area contributed by atoms with Gasteiger partial charge in [-0.1, -0.05) is 23.2 Å². The van der Waals surface area contributed by atoms with Crippen LogP contribution in [0.3, 0.4) is 0 Å². The Morgan fingerprint density at radius 1 is 1.35 bits per heavy atom. The van der Waals surface area contributed by atoms with Crippen LogP contribution >= 0.6 is 23.2 Å². The number of hydrogen-bond donors (Lipinski definition) is 0. The molecule has 1 atom stereocenters. The second kappa shape index (κ2) is 5.25. The fourth-order valence-electron chi connectivity index (χ4n) is 1.85. The first-order chi connectivity index (χ1) is 8.11. The summed E-state index contributed by atoms with van der Waals surface area (Å²) in [6.07, 6.45) is 0.537. The van der Waals surface area contributed by atoms with Crippen LogP contribution in [-0.4, -0.2) is 19.5 Å². The van der Waals surface area contributed by atoms with Crippen molar-refractivity contribution in [3.8, 4) is 5.75 Å². The summed E-state index contributed by atoms with van der Waals surface area (Å²) in [7, 11) is 1.55. The number of hydrogen-bond acceptors (Lipinski definition) is 3. The van der Waals surface area contributed by atoms with E-state index < -0.39 is 0 Å². The first-order valence-corrected chi connectivity index (χ1v) is 6.03. The molecule has 1 aromatic rings. The van der Waals surface area contributed by atoms with E-state index in [4.69, 9.17) is 32.7 Å². The van der Waals surface area contributed by atoms with Gasteiger partial charge in [-0.25, -0.2) is 0 Å². The van der Waals surface area contributed by atoms with Crippen LogP contribution in [0, 0.1) is 0 Å². The van der Waals surface area contributed by atoms with Crippen molar-refractivity contribution in [1.29, 1.82) is 0 Å². The van der Waals surface area contributed by atoms with Crippen molar-refractivity contribution in [3.05, 3.63) is 27.7 Å². The molecule has 0 aliphatic carbocycles. The summed E-state index contributed by atoms with van der Waals surface area (Å²) >= 11 is 11.9. The Morgan fingerprint density at radius 2 is 2.06 bits per heavy atom. The van der Waals surface area contributed by atoms with Gasteiger partial charge in [0.2, 0.25) is 0 Å². The van der Waals surface area contributed by atoms with Gasteiger partial charge in [0.05, 0.1) is 29.9 Å². The van der Waals surface area contributed by atoms with E-state index in [-0.39, 0.29) is 11.9 Å². The number of methoxy groups -OCH3 is 1. The minimum absolute atomic E-state index is 0.189. The van der Waals surface area contributed by atoms with Gasteiger partial charge in [-0.05, 0) is 6.07 Å². The van der Waals surface area contributed by atoms with Gasteiger partial charge in [-0.2, -0.15) is 0 Å². The summed E-state index contributed by atoms with van der Waals surface area (Å²) in [5.74, 6) is 0.786. The Balaban J connectivity index is 2.36. The van der Waals surface area contributed by atoms with Crippen LogP contribution in [0.1, 0.15) is 24.5 Å². The van der Waals surface area contributed by atoms with E-state index in [0.29, 0.717) is 35.2 Å². The number of carbonyl (C=O) groups is 1. The second-order valence-corrected chi connectivity index (χ2v) is 4.67. The number of carbonyl (C=O) groups excluding carboxylic acids is 1. The topological polar surface area (TPSA) is 35.5 Å². The molecule has 1 aliphatic rings. The Morgan fingerprint density at radius 3 is 2.71 bits per heavy atom. The van der Waals surface area contributed by atoms with Crippen molar-refractivity contribution < 1.29 is 14.3 Å². The fraction of sp³-hybridized carbons (Fsp3) is 0.417. The predicted octanol–water partition coefficient (Wildman–Crippen LogP) is 3.42. The van der Waals surface area contributed by atoms with Crippen LogP contribution in [0.25, 0.3) is 0 Å². The number of rotatable bonds is 2. The van der Waals surface area contributed by atoms with Crippen LogP contribution in [0.2, 0.25) is 10.0 Å². The summed E-state index contributed by atoms with van der Waals surface area (Å²) in [4.78, 5) is 11.4. The molecule has 0 amide bonds. The molecule has 0 radical (unpaired) electrons. The number of ketones is 1. The highest BCUT2D eigenvalue weighted by Gasteiger charge is 2.25. The van der Waals surface area contributed by atoms with Gasteiger partial charge >= 0.3 is 0 Å². The van der Waals surface area contributed by atoms with Crippen LogP contribution < -0.4 is 4.74 Å². The van der Waals surface area contributed by atoms with Crippen molar-refractivity contribution in [1.82, 2.24) is 0 Å². The highest BCUT2D eigenvalue weighted by Crippen LogP contribution is 2.37. The quantitative estimate of drug-likeness (QED) is 0.829. The van der Waals surface area contributed by atoms with Gasteiger partial charge in [0, 0.05) is 24.5 Å². The first-order valence-electron chi connectivity index (χ1n) is 5.28. The molecule has 1 aliphatic heterocycles. The maximum atomic E-state index is 11.4. The maximum Gasteiger partial charge on any atom is 0.138 e. The first kappa shape index (κ1) is 12.7. The highest BCUT2D eigenvalue weighted by atomic mass is 35.5. The molecule has 0 aromatic heterocycles. The molecule has 0 saturated carbocycles. The van der Waals surface area contributed by atoms with E-state index in [9.17, 15) is 4.79 Å². The molecule has 0 spiro atoms. The van der Waals surface area contributed by atoms with Crippen LogP contribution in [-0.2, 0) is 9.53 Å². The van der Waals surface area contributed by atoms with Crippen LogP contribution in [0.4, 0.5) is 0 Å². The van der Waals surface area contributed by atoms with Gasteiger partial charge in [-0.15, -0.1) is 0 Å². The molecule has 1 fully saturated rings. The Labute approximate surface area is 110 Å². The van der Waals surface area contributed by atoms with Gasteiger partial charge in [0.15, 0.2) is 0 Å². The third-order valence-electron chi connectivity index (χ3n) is 2.73. The summed E-state index contributed by atoms with van der Waals surface area (Å²) < 4.78 is 10.8. The average Bonchev–Trinajstić information content (AvgIpc) is 2.32. The van der Waals surface area contributed by atoms with Gasteiger partial charge in [0.1, 0.15) is 11.5 Å². The van der Waals surface area contributed by atoms with E-state index in [2.05, 4.69) is 0 Å². The number of halogens is 2. The Hall–Kier alpha value is -0.770. The van der Waals surface area contributed by atoms with E-state index >= 15 is 0 Å². The molecule has 1 heterocycles. The lowest BCUT2D eigenvalue weighted by Gasteiger charge is -2.24. The predicted molar refractivity (Wildman–Crippen MR) is 65.9 cm³/mol. The smallest absolute Gasteiger partial charge is 0.138 e. The summed E-state index contributed by atoms with van der Waals surface area (Å²) in [5.41, 5.74) is 0.773.